The summed E-state index contributed by atoms with van der Waals surface area (Å²) in [5, 5.41) is 0. The second-order valence-corrected chi connectivity index (χ2v) is 4.38. The maximum Gasteiger partial charge on any atom is 0.250 e. The lowest BCUT2D eigenvalue weighted by atomic mass is 10.3. The Kier molecular flexibility index (Phi) is 3.01. The zero-order chi connectivity index (χ0) is 9.97. The van der Waals surface area contributed by atoms with Crippen LogP contribution in [0.3, 0.4) is 0 Å². The third-order valence-corrected chi connectivity index (χ3v) is 2.79. The molecule has 4 heteroatoms. The van der Waals surface area contributed by atoms with Crippen LogP contribution in [0, 0.1) is 5.82 Å². The van der Waals surface area contributed by atoms with Gasteiger partial charge in [-0.1, -0.05) is 0 Å². The molecule has 14 heavy (non-hydrogen) atoms. The van der Waals surface area contributed by atoms with Crippen LogP contribution in [0.1, 0.15) is 25.7 Å². The second-order valence-electron chi connectivity index (χ2n) is 3.46. The lowest BCUT2D eigenvalue weighted by molar-refractivity contribution is 0.191. The summed E-state index contributed by atoms with van der Waals surface area (Å²) < 4.78 is 19.4. The van der Waals surface area contributed by atoms with E-state index in [9.17, 15) is 4.39 Å². The summed E-state index contributed by atoms with van der Waals surface area (Å²) in [4.78, 5) is 3.90. The van der Waals surface area contributed by atoms with Gasteiger partial charge in [-0.05, 0) is 47.7 Å². The second kappa shape index (κ2) is 4.26. The topological polar surface area (TPSA) is 22.1 Å². The maximum atomic E-state index is 13.3. The fourth-order valence-corrected chi connectivity index (χ4v) is 1.96. The molecule has 1 heterocycles. The predicted molar refractivity (Wildman–Crippen MR) is 54.8 cm³/mol. The highest BCUT2D eigenvalue weighted by molar-refractivity contribution is 9.10. The van der Waals surface area contributed by atoms with Crippen molar-refractivity contribution in [2.24, 2.45) is 0 Å². The van der Waals surface area contributed by atoms with E-state index in [4.69, 9.17) is 4.74 Å². The van der Waals surface area contributed by atoms with E-state index in [-0.39, 0.29) is 12.0 Å². The smallest absolute Gasteiger partial charge is 0.250 e. The van der Waals surface area contributed by atoms with Gasteiger partial charge in [0.2, 0.25) is 0 Å². The Hall–Kier alpha value is -0.640. The van der Waals surface area contributed by atoms with E-state index < -0.39 is 5.82 Å². The Labute approximate surface area is 90.6 Å². The predicted octanol–water partition coefficient (Wildman–Crippen LogP) is 3.30. The van der Waals surface area contributed by atoms with Crippen LogP contribution in [0.5, 0.6) is 5.88 Å². The van der Waals surface area contributed by atoms with Crippen LogP contribution in [0.4, 0.5) is 4.39 Å². The third-order valence-electron chi connectivity index (χ3n) is 2.35. The molecule has 0 radical (unpaired) electrons. The number of hydrogen-bond donors (Lipinski definition) is 0. The molecule has 0 bridgehead atoms. The molecule has 0 saturated heterocycles. The van der Waals surface area contributed by atoms with Crippen molar-refractivity contribution in [1.29, 1.82) is 0 Å². The van der Waals surface area contributed by atoms with Gasteiger partial charge in [0.25, 0.3) is 5.88 Å². The van der Waals surface area contributed by atoms with Crippen LogP contribution in [0.25, 0.3) is 0 Å². The Morgan fingerprint density at radius 3 is 2.79 bits per heavy atom. The van der Waals surface area contributed by atoms with Gasteiger partial charge in [-0.2, -0.15) is 0 Å². The highest BCUT2D eigenvalue weighted by Crippen LogP contribution is 2.25. The van der Waals surface area contributed by atoms with E-state index in [2.05, 4.69) is 20.9 Å². The van der Waals surface area contributed by atoms with E-state index in [1.165, 1.54) is 18.9 Å². The molecule has 0 unspecified atom stereocenters. The first-order chi connectivity index (χ1) is 6.75. The van der Waals surface area contributed by atoms with E-state index >= 15 is 0 Å². The van der Waals surface area contributed by atoms with E-state index in [1.54, 1.807) is 6.20 Å². The first-order valence-electron chi connectivity index (χ1n) is 4.73. The summed E-state index contributed by atoms with van der Waals surface area (Å²) in [5.74, 6) is -0.272. The van der Waals surface area contributed by atoms with Crippen molar-refractivity contribution in [2.45, 2.75) is 31.8 Å². The molecule has 1 aliphatic carbocycles. The summed E-state index contributed by atoms with van der Waals surface area (Å²) in [6, 6.07) is 1.37. The van der Waals surface area contributed by atoms with Gasteiger partial charge >= 0.3 is 0 Å². The lowest BCUT2D eigenvalue weighted by Crippen LogP contribution is -2.12. The normalized spacial score (nSPS) is 17.3. The molecule has 0 spiro atoms. The van der Waals surface area contributed by atoms with Crippen LogP contribution in [-0.4, -0.2) is 11.1 Å². The Balaban J connectivity index is 2.08. The number of hydrogen-bond acceptors (Lipinski definition) is 2. The van der Waals surface area contributed by atoms with E-state index in [0.29, 0.717) is 4.47 Å². The van der Waals surface area contributed by atoms with Crippen molar-refractivity contribution in [3.63, 3.8) is 0 Å². The number of halogens is 2. The van der Waals surface area contributed by atoms with Gasteiger partial charge in [-0.3, -0.25) is 0 Å². The summed E-state index contributed by atoms with van der Waals surface area (Å²) in [6.07, 6.45) is 6.06. The SMILES string of the molecule is Fc1cc(Br)cnc1OC1CCCC1. The average molecular weight is 260 g/mol. The molecular formula is C10H11BrFNO. The van der Waals surface area contributed by atoms with Crippen LogP contribution >= 0.6 is 15.9 Å². The van der Waals surface area contributed by atoms with Crippen molar-refractivity contribution in [3.8, 4) is 5.88 Å². The number of aromatic nitrogens is 1. The maximum absolute atomic E-state index is 13.3. The number of rotatable bonds is 2. The zero-order valence-electron chi connectivity index (χ0n) is 7.67. The average Bonchev–Trinajstić information content (AvgIpc) is 2.62. The van der Waals surface area contributed by atoms with Gasteiger partial charge in [0.15, 0.2) is 5.82 Å². The summed E-state index contributed by atoms with van der Waals surface area (Å²) >= 11 is 3.15. The van der Waals surface area contributed by atoms with Gasteiger partial charge < -0.3 is 4.74 Å². The minimum atomic E-state index is -0.397. The number of pyridine rings is 1. The molecule has 76 valence electrons. The standard InChI is InChI=1S/C10H11BrFNO/c11-7-5-9(12)10(13-6-7)14-8-3-1-2-4-8/h5-6,8H,1-4H2. The summed E-state index contributed by atoms with van der Waals surface area (Å²) in [6.45, 7) is 0. The molecule has 1 aliphatic rings. The van der Waals surface area contributed by atoms with Crippen molar-refractivity contribution >= 4 is 15.9 Å². The van der Waals surface area contributed by atoms with Crippen LogP contribution in [0.15, 0.2) is 16.7 Å². The van der Waals surface area contributed by atoms with Crippen molar-refractivity contribution in [3.05, 3.63) is 22.6 Å². The molecular weight excluding hydrogens is 249 g/mol. The minimum absolute atomic E-state index is 0.125. The molecule has 0 aliphatic heterocycles. The molecule has 2 nitrogen and oxygen atoms in total. The van der Waals surface area contributed by atoms with Gasteiger partial charge in [-0.25, -0.2) is 9.37 Å². The minimum Gasteiger partial charge on any atom is -0.472 e. The molecule has 0 atom stereocenters. The summed E-state index contributed by atoms with van der Waals surface area (Å²) in [5.41, 5.74) is 0. The van der Waals surface area contributed by atoms with Crippen molar-refractivity contribution < 1.29 is 9.13 Å². The molecule has 2 rings (SSSR count). The fraction of sp³-hybridized carbons (Fsp3) is 0.500. The number of ether oxygens (including phenoxy) is 1. The lowest BCUT2D eigenvalue weighted by Gasteiger charge is -2.12. The Bertz CT molecular complexity index is 326. The molecule has 1 fully saturated rings. The van der Waals surface area contributed by atoms with Crippen molar-refractivity contribution in [2.75, 3.05) is 0 Å². The summed E-state index contributed by atoms with van der Waals surface area (Å²) in [7, 11) is 0. The largest absolute Gasteiger partial charge is 0.472 e. The fourth-order valence-electron chi connectivity index (χ4n) is 1.65. The van der Waals surface area contributed by atoms with Crippen LogP contribution < -0.4 is 4.74 Å². The zero-order valence-corrected chi connectivity index (χ0v) is 9.26. The van der Waals surface area contributed by atoms with Gasteiger partial charge in [-0.15, -0.1) is 0 Å². The van der Waals surface area contributed by atoms with Gasteiger partial charge in [0, 0.05) is 10.7 Å². The van der Waals surface area contributed by atoms with Gasteiger partial charge in [0.1, 0.15) is 6.10 Å². The molecule has 0 aromatic carbocycles. The molecule has 1 aromatic rings. The first kappa shape index (κ1) is 9.90. The molecule has 1 aromatic heterocycles. The van der Waals surface area contributed by atoms with Crippen LogP contribution in [0.2, 0.25) is 0 Å². The highest BCUT2D eigenvalue weighted by Gasteiger charge is 2.18. The van der Waals surface area contributed by atoms with E-state index in [1.807, 2.05) is 0 Å². The highest BCUT2D eigenvalue weighted by atomic mass is 79.9. The third kappa shape index (κ3) is 2.23. The Morgan fingerprint density at radius 2 is 2.14 bits per heavy atom. The quantitative estimate of drug-likeness (QED) is 0.813. The number of nitrogens with zero attached hydrogens (tertiary/aromatic N) is 1. The van der Waals surface area contributed by atoms with Crippen LogP contribution in [-0.2, 0) is 0 Å². The molecule has 0 amide bonds. The molecule has 0 N–H and O–H groups in total. The first-order valence-corrected chi connectivity index (χ1v) is 5.53. The van der Waals surface area contributed by atoms with Crippen molar-refractivity contribution in [1.82, 2.24) is 4.98 Å². The molecule has 1 saturated carbocycles. The van der Waals surface area contributed by atoms with Gasteiger partial charge in [0.05, 0.1) is 0 Å². The monoisotopic (exact) mass is 259 g/mol. The Morgan fingerprint density at radius 1 is 1.43 bits per heavy atom. The van der Waals surface area contributed by atoms with E-state index in [0.717, 1.165) is 12.8 Å².